The summed E-state index contributed by atoms with van der Waals surface area (Å²) in [4.78, 5) is 13.1. The number of aliphatic hydroxyl groups is 8. The molecule has 0 aromatic heterocycles. The van der Waals surface area contributed by atoms with Crippen LogP contribution >= 0.6 is 0 Å². The molecule has 0 aromatic carbocycles. The van der Waals surface area contributed by atoms with Crippen molar-refractivity contribution in [3.05, 3.63) is 60.8 Å². The van der Waals surface area contributed by atoms with E-state index in [2.05, 4.69) is 67.8 Å². The van der Waals surface area contributed by atoms with Crippen molar-refractivity contribution >= 4 is 5.91 Å². The van der Waals surface area contributed by atoms with Gasteiger partial charge in [-0.15, -0.1) is 0 Å². The standard InChI is InChI=1S/C49H85NO13/c1-3-5-7-9-11-13-15-17-19-21-23-25-27-29-31-33-41(54)50-37(38(53)32-30-28-26-24-22-20-18-16-14-12-10-8-6-4-2)36-60-48-46(59)44(57)47(40(35-52)62-48)63-49-45(58)43(56)42(55)39(34-51)61-49/h5,7,11,13,17,19,22,24,30,32,37-40,42-49,51-53,55-59H,3-4,6,8-10,12,14-16,18,20-21,23,25-29,31,33-36H2,1-2H3,(H,50,54)/b7-5-,13-11-,19-17-,24-22+,32-30+. The Kier molecular flexibility index (Phi) is 32.4. The van der Waals surface area contributed by atoms with Crippen LogP contribution in [-0.4, -0.2) is 140 Å². The molecule has 2 heterocycles. The monoisotopic (exact) mass is 896 g/mol. The second-order valence-electron chi connectivity index (χ2n) is 16.8. The minimum absolute atomic E-state index is 0.251. The number of hydrogen-bond acceptors (Lipinski definition) is 13. The van der Waals surface area contributed by atoms with E-state index in [-0.39, 0.29) is 18.9 Å². The number of unbranched alkanes of at least 4 members (excludes halogenated alkanes) is 14. The van der Waals surface area contributed by atoms with Crippen LogP contribution < -0.4 is 5.32 Å². The van der Waals surface area contributed by atoms with E-state index < -0.39 is 86.8 Å². The third kappa shape index (κ3) is 23.6. The van der Waals surface area contributed by atoms with Gasteiger partial charge < -0.3 is 65.1 Å². The zero-order chi connectivity index (χ0) is 46.1. The van der Waals surface area contributed by atoms with E-state index in [4.69, 9.17) is 18.9 Å². The van der Waals surface area contributed by atoms with E-state index in [0.29, 0.717) is 12.8 Å². The molecular formula is C49H85NO13. The van der Waals surface area contributed by atoms with Crippen molar-refractivity contribution in [1.82, 2.24) is 5.32 Å². The number of amides is 1. The number of carbonyl (C=O) groups excluding carboxylic acids is 1. The molecule has 14 nitrogen and oxygen atoms in total. The summed E-state index contributed by atoms with van der Waals surface area (Å²) in [6.07, 6.45) is 25.5. The number of hydrogen-bond donors (Lipinski definition) is 9. The van der Waals surface area contributed by atoms with E-state index in [1.165, 1.54) is 51.4 Å². The van der Waals surface area contributed by atoms with Crippen LogP contribution in [0.5, 0.6) is 0 Å². The van der Waals surface area contributed by atoms with Gasteiger partial charge in [-0.2, -0.15) is 0 Å². The first-order valence-electron chi connectivity index (χ1n) is 24.0. The number of rotatable bonds is 35. The van der Waals surface area contributed by atoms with Crippen LogP contribution in [0.25, 0.3) is 0 Å². The largest absolute Gasteiger partial charge is 0.394 e. The Morgan fingerprint density at radius 1 is 0.587 bits per heavy atom. The molecule has 12 atom stereocenters. The average molecular weight is 896 g/mol. The third-order valence-electron chi connectivity index (χ3n) is 11.4. The Morgan fingerprint density at radius 2 is 1.11 bits per heavy atom. The zero-order valence-corrected chi connectivity index (χ0v) is 38.3. The summed E-state index contributed by atoms with van der Waals surface area (Å²) in [6, 6.07) is -0.940. The molecule has 14 heteroatoms. The molecule has 1 amide bonds. The predicted molar refractivity (Wildman–Crippen MR) is 244 cm³/mol. The highest BCUT2D eigenvalue weighted by Gasteiger charge is 2.51. The maximum absolute atomic E-state index is 13.1. The van der Waals surface area contributed by atoms with Crippen LogP contribution in [0.4, 0.5) is 0 Å². The first-order valence-corrected chi connectivity index (χ1v) is 24.0. The minimum Gasteiger partial charge on any atom is -0.394 e. The van der Waals surface area contributed by atoms with Gasteiger partial charge in [0, 0.05) is 6.42 Å². The zero-order valence-electron chi connectivity index (χ0n) is 38.3. The minimum atomic E-state index is -1.79. The number of aliphatic hydroxyl groups excluding tert-OH is 8. The summed E-state index contributed by atoms with van der Waals surface area (Å²) >= 11 is 0. The van der Waals surface area contributed by atoms with E-state index in [1.54, 1.807) is 6.08 Å². The van der Waals surface area contributed by atoms with Gasteiger partial charge in [0.25, 0.3) is 0 Å². The van der Waals surface area contributed by atoms with Gasteiger partial charge >= 0.3 is 0 Å². The second-order valence-corrected chi connectivity index (χ2v) is 16.8. The van der Waals surface area contributed by atoms with Gasteiger partial charge in [-0.05, 0) is 64.2 Å². The van der Waals surface area contributed by atoms with Gasteiger partial charge in [0.05, 0.1) is 32.0 Å². The first kappa shape index (κ1) is 56.8. The van der Waals surface area contributed by atoms with Gasteiger partial charge in [0.1, 0.15) is 48.8 Å². The van der Waals surface area contributed by atoms with Crippen LogP contribution in [0.15, 0.2) is 60.8 Å². The van der Waals surface area contributed by atoms with Gasteiger partial charge in [0.2, 0.25) is 5.91 Å². The number of nitrogens with one attached hydrogen (secondary N) is 1. The smallest absolute Gasteiger partial charge is 0.220 e. The van der Waals surface area contributed by atoms with Crippen molar-refractivity contribution in [2.75, 3.05) is 19.8 Å². The molecule has 0 bridgehead atoms. The topological polar surface area (TPSA) is 228 Å². The molecule has 9 N–H and O–H groups in total. The number of allylic oxidation sites excluding steroid dienone is 9. The molecule has 0 aromatic rings. The quantitative estimate of drug-likeness (QED) is 0.0284. The molecule has 63 heavy (non-hydrogen) atoms. The molecule has 2 saturated heterocycles. The maximum Gasteiger partial charge on any atom is 0.220 e. The summed E-state index contributed by atoms with van der Waals surface area (Å²) in [5.41, 5.74) is 0. The van der Waals surface area contributed by atoms with Crippen molar-refractivity contribution < 1.29 is 64.6 Å². The first-order chi connectivity index (χ1) is 30.6. The van der Waals surface area contributed by atoms with Gasteiger partial charge in [-0.1, -0.05) is 139 Å². The van der Waals surface area contributed by atoms with Crippen LogP contribution in [0.2, 0.25) is 0 Å². The third-order valence-corrected chi connectivity index (χ3v) is 11.4. The van der Waals surface area contributed by atoms with E-state index in [0.717, 1.165) is 64.2 Å². The molecule has 0 radical (unpaired) electrons. The Morgan fingerprint density at radius 3 is 1.75 bits per heavy atom. The molecule has 2 rings (SSSR count). The lowest BCUT2D eigenvalue weighted by Gasteiger charge is -2.46. The summed E-state index contributed by atoms with van der Waals surface area (Å²) in [5.74, 6) is -0.271. The fourth-order valence-corrected chi connectivity index (χ4v) is 7.49. The average Bonchev–Trinajstić information content (AvgIpc) is 3.28. The summed E-state index contributed by atoms with van der Waals surface area (Å²) in [7, 11) is 0. The molecule has 0 saturated carbocycles. The van der Waals surface area contributed by atoms with Crippen LogP contribution in [0, 0.1) is 0 Å². The van der Waals surface area contributed by atoms with Crippen molar-refractivity contribution in [1.29, 1.82) is 0 Å². The normalized spacial score (nSPS) is 28.0. The summed E-state index contributed by atoms with van der Waals surface area (Å²) in [6.45, 7) is 2.60. The van der Waals surface area contributed by atoms with Crippen molar-refractivity contribution in [3.8, 4) is 0 Å². The molecule has 2 aliphatic rings. The fourth-order valence-electron chi connectivity index (χ4n) is 7.49. The highest BCUT2D eigenvalue weighted by atomic mass is 16.7. The van der Waals surface area contributed by atoms with Crippen LogP contribution in [0.1, 0.15) is 149 Å². The van der Waals surface area contributed by atoms with Crippen molar-refractivity contribution in [2.24, 2.45) is 0 Å². The van der Waals surface area contributed by atoms with E-state index in [1.807, 2.05) is 6.08 Å². The lowest BCUT2D eigenvalue weighted by Crippen LogP contribution is -2.65. The van der Waals surface area contributed by atoms with E-state index in [9.17, 15) is 45.6 Å². The summed E-state index contributed by atoms with van der Waals surface area (Å²) < 4.78 is 22.6. The van der Waals surface area contributed by atoms with Crippen molar-refractivity contribution in [3.63, 3.8) is 0 Å². The highest BCUT2D eigenvalue weighted by Crippen LogP contribution is 2.30. The van der Waals surface area contributed by atoms with Crippen LogP contribution in [0.3, 0.4) is 0 Å². The molecule has 2 aliphatic heterocycles. The van der Waals surface area contributed by atoms with Crippen LogP contribution in [-0.2, 0) is 23.7 Å². The molecular weight excluding hydrogens is 811 g/mol. The highest BCUT2D eigenvalue weighted by molar-refractivity contribution is 5.76. The van der Waals surface area contributed by atoms with E-state index >= 15 is 0 Å². The molecule has 0 aliphatic carbocycles. The fraction of sp³-hybridized carbons (Fsp3) is 0.776. The van der Waals surface area contributed by atoms with Gasteiger partial charge in [-0.25, -0.2) is 0 Å². The Labute approximate surface area is 377 Å². The Balaban J connectivity index is 1.91. The molecule has 364 valence electrons. The predicted octanol–water partition coefficient (Wildman–Crippen LogP) is 5.49. The second kappa shape index (κ2) is 35.9. The molecule has 0 spiro atoms. The van der Waals surface area contributed by atoms with Crippen molar-refractivity contribution in [2.45, 2.75) is 222 Å². The van der Waals surface area contributed by atoms with Gasteiger partial charge in [0.15, 0.2) is 12.6 Å². The Hall–Kier alpha value is -2.31. The SMILES string of the molecule is CC/C=C\C/C=C\C/C=C\CCCCCCCC(=O)NC(COC1OC(CO)C(OC2OC(CO)C(O)C(O)C2O)C(O)C1O)C(O)/C=C/CC/C=C/CCCCCCCCCC. The molecule has 2 fully saturated rings. The number of carbonyl (C=O) groups is 1. The Bertz CT molecular complexity index is 1290. The summed E-state index contributed by atoms with van der Waals surface area (Å²) in [5, 5.41) is 86.5. The maximum atomic E-state index is 13.1. The lowest BCUT2D eigenvalue weighted by atomic mass is 9.97. The number of ether oxygens (including phenoxy) is 4. The molecule has 12 unspecified atom stereocenters. The van der Waals surface area contributed by atoms with Gasteiger partial charge in [-0.3, -0.25) is 4.79 Å². The lowest BCUT2D eigenvalue weighted by molar-refractivity contribution is -0.359.